The lowest BCUT2D eigenvalue weighted by atomic mass is 9.91. The van der Waals surface area contributed by atoms with Gasteiger partial charge in [0.1, 0.15) is 5.75 Å². The smallest absolute Gasteiger partial charge is 0.223 e. The summed E-state index contributed by atoms with van der Waals surface area (Å²) >= 11 is 6.15. The summed E-state index contributed by atoms with van der Waals surface area (Å²) in [6.45, 7) is 0.385. The third-order valence-electron chi connectivity index (χ3n) is 4.86. The maximum atomic E-state index is 12.2. The van der Waals surface area contributed by atoms with Crippen LogP contribution in [0.5, 0.6) is 5.75 Å². The van der Waals surface area contributed by atoms with E-state index in [-0.39, 0.29) is 11.9 Å². The highest BCUT2D eigenvalue weighted by Crippen LogP contribution is 2.31. The average molecular weight is 369 g/mol. The van der Waals surface area contributed by atoms with Gasteiger partial charge in [-0.3, -0.25) is 4.79 Å². The first-order chi connectivity index (χ1) is 12.7. The lowest BCUT2D eigenvalue weighted by Gasteiger charge is -2.23. The van der Waals surface area contributed by atoms with Crippen molar-refractivity contribution >= 4 is 28.4 Å². The summed E-state index contributed by atoms with van der Waals surface area (Å²) in [7, 11) is 0. The Balaban J connectivity index is 1.34. The van der Waals surface area contributed by atoms with E-state index in [1.54, 1.807) is 0 Å². The largest absolute Gasteiger partial charge is 0.493 e. The topological polar surface area (TPSA) is 54.1 Å². The van der Waals surface area contributed by atoms with E-state index in [0.717, 1.165) is 35.6 Å². The zero-order valence-electron chi connectivity index (χ0n) is 14.4. The summed E-state index contributed by atoms with van der Waals surface area (Å²) in [6.07, 6.45) is 3.07. The molecule has 0 radical (unpaired) electrons. The maximum absolute atomic E-state index is 12.2. The Kier molecular flexibility index (Phi) is 4.85. The molecule has 0 aliphatic heterocycles. The Morgan fingerprint density at radius 2 is 2.08 bits per heavy atom. The fourth-order valence-corrected chi connectivity index (χ4v) is 3.76. The van der Waals surface area contributed by atoms with E-state index in [4.69, 9.17) is 16.3 Å². The van der Waals surface area contributed by atoms with Gasteiger partial charge in [-0.15, -0.1) is 0 Å². The number of hydrogen-bond donors (Lipinski definition) is 2. The predicted molar refractivity (Wildman–Crippen MR) is 104 cm³/mol. The number of carbonyl (C=O) groups excluding carboxylic acids is 1. The Morgan fingerprint density at radius 3 is 2.92 bits per heavy atom. The van der Waals surface area contributed by atoms with Crippen LogP contribution in [0.2, 0.25) is 5.02 Å². The first-order valence-electron chi connectivity index (χ1n) is 8.95. The second-order valence-electron chi connectivity index (χ2n) is 6.69. The van der Waals surface area contributed by atoms with Crippen molar-refractivity contribution in [2.75, 3.05) is 6.61 Å². The zero-order valence-corrected chi connectivity index (χ0v) is 15.2. The van der Waals surface area contributed by atoms with E-state index < -0.39 is 0 Å². The van der Waals surface area contributed by atoms with E-state index in [1.807, 2.05) is 48.5 Å². The third kappa shape index (κ3) is 3.70. The van der Waals surface area contributed by atoms with Crippen LogP contribution in [-0.2, 0) is 17.6 Å². The molecule has 4 rings (SSSR count). The molecular formula is C21H21ClN2O2. The van der Waals surface area contributed by atoms with E-state index in [2.05, 4.69) is 10.3 Å². The van der Waals surface area contributed by atoms with Gasteiger partial charge in [-0.2, -0.15) is 0 Å². The molecule has 4 nitrogen and oxygen atoms in total. The predicted octanol–water partition coefficient (Wildman–Crippen LogP) is 4.26. The number of hydrogen-bond acceptors (Lipinski definition) is 2. The van der Waals surface area contributed by atoms with E-state index in [1.165, 1.54) is 16.6 Å². The summed E-state index contributed by atoms with van der Waals surface area (Å²) in [6, 6.07) is 15.6. The maximum Gasteiger partial charge on any atom is 0.223 e. The van der Waals surface area contributed by atoms with Crippen LogP contribution in [0.15, 0.2) is 48.5 Å². The number of halogens is 1. The van der Waals surface area contributed by atoms with Gasteiger partial charge >= 0.3 is 0 Å². The number of para-hydroxylation sites is 1. The lowest BCUT2D eigenvalue weighted by Crippen LogP contribution is -2.39. The van der Waals surface area contributed by atoms with Gasteiger partial charge in [0.05, 0.1) is 13.0 Å². The van der Waals surface area contributed by atoms with E-state index in [0.29, 0.717) is 13.0 Å². The van der Waals surface area contributed by atoms with Gasteiger partial charge in [-0.1, -0.05) is 29.8 Å². The summed E-state index contributed by atoms with van der Waals surface area (Å²) < 4.78 is 5.60. The number of rotatable bonds is 5. The fraction of sp³-hybridized carbons (Fsp3) is 0.286. The van der Waals surface area contributed by atoms with Crippen LogP contribution < -0.4 is 10.1 Å². The number of ether oxygens (including phenoxy) is 1. The number of aryl methyl sites for hydroxylation is 1. The van der Waals surface area contributed by atoms with Crippen LogP contribution in [-0.4, -0.2) is 23.5 Å². The number of nitrogens with one attached hydrogen (secondary N) is 2. The molecule has 3 aromatic rings. The quantitative estimate of drug-likeness (QED) is 0.706. The molecule has 1 heterocycles. The van der Waals surface area contributed by atoms with Crippen LogP contribution >= 0.6 is 11.6 Å². The number of aromatic nitrogens is 1. The molecule has 0 saturated carbocycles. The number of H-pyrrole nitrogens is 1. The number of amides is 1. The number of fused-ring (bicyclic) bond motifs is 3. The first-order valence-corrected chi connectivity index (χ1v) is 9.33. The molecule has 1 aliphatic carbocycles. The van der Waals surface area contributed by atoms with Crippen LogP contribution in [0.25, 0.3) is 10.9 Å². The Hall–Kier alpha value is -2.46. The van der Waals surface area contributed by atoms with Crippen molar-refractivity contribution in [2.45, 2.75) is 31.7 Å². The van der Waals surface area contributed by atoms with Crippen LogP contribution in [0, 0.1) is 0 Å². The van der Waals surface area contributed by atoms with Crippen molar-refractivity contribution in [2.24, 2.45) is 0 Å². The molecule has 0 saturated heterocycles. The van der Waals surface area contributed by atoms with Crippen molar-refractivity contribution in [1.29, 1.82) is 0 Å². The number of benzene rings is 2. The summed E-state index contributed by atoms with van der Waals surface area (Å²) in [5.41, 5.74) is 3.65. The molecule has 2 N–H and O–H groups in total. The molecule has 0 fully saturated rings. The minimum atomic E-state index is 0.0345. The van der Waals surface area contributed by atoms with E-state index in [9.17, 15) is 4.79 Å². The highest BCUT2D eigenvalue weighted by molar-refractivity contribution is 6.31. The third-order valence-corrected chi connectivity index (χ3v) is 5.09. The second-order valence-corrected chi connectivity index (χ2v) is 7.13. The molecule has 5 heteroatoms. The minimum absolute atomic E-state index is 0.0345. The molecule has 1 aliphatic rings. The molecule has 1 aromatic heterocycles. The highest BCUT2D eigenvalue weighted by Gasteiger charge is 2.23. The molecule has 0 bridgehead atoms. The van der Waals surface area contributed by atoms with Crippen molar-refractivity contribution in [3.63, 3.8) is 0 Å². The van der Waals surface area contributed by atoms with E-state index >= 15 is 0 Å². The SMILES string of the molecule is O=C(CCOc1ccccc1)NC1CCc2[nH]c3ccc(Cl)cc3c2C1. The van der Waals surface area contributed by atoms with Gasteiger partial charge in [0, 0.05) is 27.7 Å². The second kappa shape index (κ2) is 7.42. The molecular weight excluding hydrogens is 348 g/mol. The lowest BCUT2D eigenvalue weighted by molar-refractivity contribution is -0.122. The fourth-order valence-electron chi connectivity index (χ4n) is 3.59. The molecule has 1 unspecified atom stereocenters. The molecule has 2 aromatic carbocycles. The zero-order chi connectivity index (χ0) is 17.9. The molecule has 0 spiro atoms. The summed E-state index contributed by atoms with van der Waals surface area (Å²) in [5, 5.41) is 5.05. The first kappa shape index (κ1) is 17.0. The van der Waals surface area contributed by atoms with Gasteiger partial charge in [0.15, 0.2) is 0 Å². The summed E-state index contributed by atoms with van der Waals surface area (Å²) in [4.78, 5) is 15.7. The van der Waals surface area contributed by atoms with Gasteiger partial charge in [0.2, 0.25) is 5.91 Å². The van der Waals surface area contributed by atoms with Crippen molar-refractivity contribution in [3.05, 3.63) is 64.8 Å². The number of carbonyl (C=O) groups is 1. The Labute approximate surface area is 157 Å². The van der Waals surface area contributed by atoms with Crippen molar-refractivity contribution < 1.29 is 9.53 Å². The number of aromatic amines is 1. The molecule has 1 amide bonds. The monoisotopic (exact) mass is 368 g/mol. The molecule has 134 valence electrons. The minimum Gasteiger partial charge on any atom is -0.493 e. The molecule has 1 atom stereocenters. The van der Waals surface area contributed by atoms with Crippen LogP contribution in [0.1, 0.15) is 24.1 Å². The van der Waals surface area contributed by atoms with Gasteiger partial charge < -0.3 is 15.0 Å². The summed E-state index contributed by atoms with van der Waals surface area (Å²) in [5.74, 6) is 0.825. The van der Waals surface area contributed by atoms with Crippen LogP contribution in [0.4, 0.5) is 0 Å². The van der Waals surface area contributed by atoms with Crippen molar-refractivity contribution in [1.82, 2.24) is 10.3 Å². The van der Waals surface area contributed by atoms with Crippen molar-refractivity contribution in [3.8, 4) is 5.75 Å². The standard InChI is InChI=1S/C21H21ClN2O2/c22-14-6-8-19-17(12-14)18-13-15(7-9-20(18)24-19)23-21(25)10-11-26-16-4-2-1-3-5-16/h1-6,8,12,15,24H,7,9-11,13H2,(H,23,25). The van der Waals surface area contributed by atoms with Gasteiger partial charge in [0.25, 0.3) is 0 Å². The normalized spacial score (nSPS) is 16.3. The Morgan fingerprint density at radius 1 is 1.23 bits per heavy atom. The molecule has 26 heavy (non-hydrogen) atoms. The van der Waals surface area contributed by atoms with Crippen LogP contribution in [0.3, 0.4) is 0 Å². The Bertz CT molecular complexity index is 920. The van der Waals surface area contributed by atoms with Gasteiger partial charge in [-0.25, -0.2) is 0 Å². The average Bonchev–Trinajstić information content (AvgIpc) is 3.00. The highest BCUT2D eigenvalue weighted by atomic mass is 35.5. The van der Waals surface area contributed by atoms with Gasteiger partial charge in [-0.05, 0) is 55.2 Å².